The van der Waals surface area contributed by atoms with E-state index in [1.165, 1.54) is 12.1 Å². The minimum atomic E-state index is -4.50. The molecule has 3 fully saturated rings. The monoisotopic (exact) mass is 333 g/mol. The average Bonchev–Trinajstić information content (AvgIpc) is 3.31. The van der Waals surface area contributed by atoms with Gasteiger partial charge in [-0.05, 0) is 48.3 Å². The van der Waals surface area contributed by atoms with Crippen LogP contribution in [0.5, 0.6) is 0 Å². The lowest BCUT2D eigenvalue weighted by molar-refractivity contribution is -0.137. The Hall–Kier alpha value is -2.11. The van der Waals surface area contributed by atoms with Gasteiger partial charge >= 0.3 is 6.18 Å². The highest BCUT2D eigenvalue weighted by Gasteiger charge is 2.67. The zero-order chi connectivity index (χ0) is 16.8. The largest absolute Gasteiger partial charge is 0.416 e. The summed E-state index contributed by atoms with van der Waals surface area (Å²) in [6, 6.07) is 4.48. The van der Waals surface area contributed by atoms with Gasteiger partial charge in [0, 0.05) is 0 Å². The number of hydrogen-bond acceptors (Lipinski definition) is 2. The van der Waals surface area contributed by atoms with Crippen LogP contribution in [0.1, 0.15) is 12.0 Å². The maximum Gasteiger partial charge on any atom is 0.416 e. The van der Waals surface area contributed by atoms with Crippen molar-refractivity contribution in [2.75, 3.05) is 4.90 Å². The SMILES string of the molecule is O=C1[C@@H]2[C@H]3C=C[C@@H]([C@@H]4C[C@H]34)[C@H]2C(=O)N1c1cccc(C(F)(F)F)c1. The molecular weight excluding hydrogens is 319 g/mol. The van der Waals surface area contributed by atoms with Crippen LogP contribution in [0.2, 0.25) is 0 Å². The van der Waals surface area contributed by atoms with Crippen LogP contribution in [0.25, 0.3) is 0 Å². The summed E-state index contributed by atoms with van der Waals surface area (Å²) in [5.74, 6) is -0.395. The molecule has 2 amide bonds. The molecule has 1 aromatic rings. The number of carbonyl (C=O) groups is 2. The molecule has 0 unspecified atom stereocenters. The van der Waals surface area contributed by atoms with Gasteiger partial charge in [0.25, 0.3) is 0 Å². The molecule has 6 rings (SSSR count). The first-order valence-corrected chi connectivity index (χ1v) is 8.11. The molecule has 24 heavy (non-hydrogen) atoms. The Labute approximate surface area is 136 Å². The third kappa shape index (κ3) is 1.69. The lowest BCUT2D eigenvalue weighted by Crippen LogP contribution is -2.40. The van der Waals surface area contributed by atoms with Crippen molar-refractivity contribution in [3.8, 4) is 0 Å². The van der Waals surface area contributed by atoms with Crippen LogP contribution in [-0.2, 0) is 15.8 Å². The fourth-order valence-electron chi connectivity index (χ4n) is 5.03. The molecule has 1 heterocycles. The number of benzene rings is 1. The third-order valence-electron chi connectivity index (χ3n) is 6.09. The molecule has 1 saturated heterocycles. The fourth-order valence-corrected chi connectivity index (χ4v) is 5.03. The molecule has 1 aliphatic heterocycles. The minimum absolute atomic E-state index is 0.0299. The summed E-state index contributed by atoms with van der Waals surface area (Å²) in [7, 11) is 0. The van der Waals surface area contributed by atoms with E-state index in [2.05, 4.69) is 0 Å². The van der Waals surface area contributed by atoms with E-state index in [1.54, 1.807) is 0 Å². The molecule has 2 saturated carbocycles. The number of carbonyl (C=O) groups excluding carboxylic acids is 2. The Kier molecular flexibility index (Phi) is 2.55. The van der Waals surface area contributed by atoms with Gasteiger partial charge < -0.3 is 0 Å². The van der Waals surface area contributed by atoms with E-state index in [-0.39, 0.29) is 29.3 Å². The van der Waals surface area contributed by atoms with Gasteiger partial charge in [-0.2, -0.15) is 13.2 Å². The van der Waals surface area contributed by atoms with Crippen molar-refractivity contribution in [1.29, 1.82) is 0 Å². The number of anilines is 1. The van der Waals surface area contributed by atoms with Crippen LogP contribution < -0.4 is 4.90 Å². The van der Waals surface area contributed by atoms with E-state index in [4.69, 9.17) is 0 Å². The minimum Gasteiger partial charge on any atom is -0.274 e. The van der Waals surface area contributed by atoms with Gasteiger partial charge in [-0.3, -0.25) is 14.5 Å². The third-order valence-corrected chi connectivity index (χ3v) is 6.09. The van der Waals surface area contributed by atoms with Crippen LogP contribution in [0.3, 0.4) is 0 Å². The van der Waals surface area contributed by atoms with Gasteiger partial charge in [0.15, 0.2) is 0 Å². The molecule has 0 aromatic heterocycles. The predicted octanol–water partition coefficient (Wildman–Crippen LogP) is 3.26. The maximum absolute atomic E-state index is 12.9. The lowest BCUT2D eigenvalue weighted by atomic mass is 9.63. The van der Waals surface area contributed by atoms with Crippen molar-refractivity contribution in [2.24, 2.45) is 35.5 Å². The number of nitrogens with zero attached hydrogens (tertiary/aromatic N) is 1. The van der Waals surface area contributed by atoms with Gasteiger partial charge in [-0.15, -0.1) is 0 Å². The molecular formula is C18H14F3NO2. The molecule has 124 valence electrons. The molecule has 0 N–H and O–H groups in total. The zero-order valence-corrected chi connectivity index (χ0v) is 12.5. The maximum atomic E-state index is 12.9. The first kappa shape index (κ1) is 14.3. The molecule has 3 nitrogen and oxygen atoms in total. The van der Waals surface area contributed by atoms with Crippen LogP contribution >= 0.6 is 0 Å². The Morgan fingerprint density at radius 3 is 2.08 bits per heavy atom. The van der Waals surface area contributed by atoms with E-state index in [0.29, 0.717) is 11.8 Å². The topological polar surface area (TPSA) is 37.4 Å². The van der Waals surface area contributed by atoms with Crippen molar-refractivity contribution < 1.29 is 22.8 Å². The summed E-state index contributed by atoms with van der Waals surface area (Å²) in [6.07, 6.45) is 0.637. The molecule has 5 aliphatic rings. The molecule has 4 aliphatic carbocycles. The summed E-state index contributed by atoms with van der Waals surface area (Å²) < 4.78 is 38.8. The first-order valence-electron chi connectivity index (χ1n) is 8.11. The van der Waals surface area contributed by atoms with Crippen molar-refractivity contribution in [1.82, 2.24) is 0 Å². The number of halogens is 3. The fraction of sp³-hybridized carbons (Fsp3) is 0.444. The molecule has 6 heteroatoms. The van der Waals surface area contributed by atoms with Crippen LogP contribution in [0.4, 0.5) is 18.9 Å². The summed E-state index contributed by atoms with van der Waals surface area (Å²) in [4.78, 5) is 26.7. The van der Waals surface area contributed by atoms with Crippen molar-refractivity contribution in [3.05, 3.63) is 42.0 Å². The number of hydrogen-bond donors (Lipinski definition) is 0. The second kappa shape index (κ2) is 4.29. The summed E-state index contributed by atoms with van der Waals surface area (Å²) in [6.45, 7) is 0. The normalized spacial score (nSPS) is 39.2. The Morgan fingerprint density at radius 1 is 0.958 bits per heavy atom. The van der Waals surface area contributed by atoms with Crippen molar-refractivity contribution in [2.45, 2.75) is 12.6 Å². The van der Waals surface area contributed by atoms with E-state index < -0.39 is 23.6 Å². The van der Waals surface area contributed by atoms with Gasteiger partial charge in [-0.25, -0.2) is 0 Å². The van der Waals surface area contributed by atoms with Gasteiger partial charge in [-0.1, -0.05) is 18.2 Å². The van der Waals surface area contributed by atoms with Crippen LogP contribution in [0, 0.1) is 35.5 Å². The second-order valence-electron chi connectivity index (χ2n) is 7.21. The molecule has 2 bridgehead atoms. The van der Waals surface area contributed by atoms with E-state index in [1.807, 2.05) is 12.2 Å². The number of alkyl halides is 3. The molecule has 0 radical (unpaired) electrons. The van der Waals surface area contributed by atoms with Gasteiger partial charge in [0.1, 0.15) is 0 Å². The average molecular weight is 333 g/mol. The smallest absolute Gasteiger partial charge is 0.274 e. The first-order chi connectivity index (χ1) is 11.4. The highest BCUT2D eigenvalue weighted by atomic mass is 19.4. The second-order valence-corrected chi connectivity index (χ2v) is 7.21. The number of allylic oxidation sites excluding steroid dienone is 2. The van der Waals surface area contributed by atoms with Gasteiger partial charge in [0.05, 0.1) is 23.1 Å². The van der Waals surface area contributed by atoms with Gasteiger partial charge in [0.2, 0.25) is 11.8 Å². The van der Waals surface area contributed by atoms with E-state index in [0.717, 1.165) is 23.5 Å². The summed E-state index contributed by atoms with van der Waals surface area (Å²) in [5, 5.41) is 0. The summed E-state index contributed by atoms with van der Waals surface area (Å²) >= 11 is 0. The highest BCUT2D eigenvalue weighted by molar-refractivity contribution is 6.22. The van der Waals surface area contributed by atoms with E-state index >= 15 is 0 Å². The molecule has 1 aromatic carbocycles. The number of imide groups is 1. The standard InChI is InChI=1S/C18H14F3NO2/c19-18(20,21)8-2-1-3-9(6-8)22-16(23)14-10-4-5-11(13-7-12(10)13)15(14)17(22)24/h1-6,10-15H,7H2/t10-,11-,12-,13+,14+,15+/m0/s1. The Balaban J connectivity index is 1.55. The Bertz CT molecular complexity index is 764. The van der Waals surface area contributed by atoms with Crippen molar-refractivity contribution >= 4 is 17.5 Å². The van der Waals surface area contributed by atoms with Crippen LogP contribution in [0.15, 0.2) is 36.4 Å². The Morgan fingerprint density at radius 2 is 1.54 bits per heavy atom. The van der Waals surface area contributed by atoms with Crippen molar-refractivity contribution in [3.63, 3.8) is 0 Å². The van der Waals surface area contributed by atoms with E-state index in [9.17, 15) is 22.8 Å². The predicted molar refractivity (Wildman–Crippen MR) is 78.6 cm³/mol. The highest BCUT2D eigenvalue weighted by Crippen LogP contribution is 2.65. The zero-order valence-electron chi connectivity index (χ0n) is 12.5. The quantitative estimate of drug-likeness (QED) is 0.584. The number of amides is 2. The number of rotatable bonds is 1. The molecule has 6 atom stereocenters. The van der Waals surface area contributed by atoms with Crippen LogP contribution in [-0.4, -0.2) is 11.8 Å². The summed E-state index contributed by atoms with van der Waals surface area (Å²) in [5.41, 5.74) is -0.818. The lowest BCUT2D eigenvalue weighted by Gasteiger charge is -2.37. The molecule has 0 spiro atoms.